The number of benzene rings is 1. The number of hydrogen-bond acceptors (Lipinski definition) is 4. The highest BCUT2D eigenvalue weighted by molar-refractivity contribution is 9.10. The number of esters is 2. The molecule has 2 rings (SSSR count). The van der Waals surface area contributed by atoms with E-state index in [1.54, 1.807) is 12.2 Å². The van der Waals surface area contributed by atoms with Crippen LogP contribution >= 0.6 is 15.9 Å². The van der Waals surface area contributed by atoms with Crippen LogP contribution in [0.3, 0.4) is 0 Å². The zero-order chi connectivity index (χ0) is 14.8. The molecule has 1 aliphatic heterocycles. The lowest BCUT2D eigenvalue weighted by molar-refractivity contribution is -0.222. The standard InChI is InChI=1S/C15H13BrO4/c1-15(2)19-13(17)12(14(18)20-15)5-3-4-10-6-8-11(16)9-7-10/h3-9H,1-2H3. The van der Waals surface area contributed by atoms with Gasteiger partial charge in [-0.05, 0) is 23.8 Å². The van der Waals surface area contributed by atoms with Crippen LogP contribution in [0.4, 0.5) is 0 Å². The summed E-state index contributed by atoms with van der Waals surface area (Å²) in [6.07, 6.45) is 4.78. The van der Waals surface area contributed by atoms with Gasteiger partial charge in [-0.2, -0.15) is 0 Å². The first-order valence-electron chi connectivity index (χ1n) is 5.98. The van der Waals surface area contributed by atoms with Crippen molar-refractivity contribution in [1.82, 2.24) is 0 Å². The predicted octanol–water partition coefficient (Wildman–Crippen LogP) is 3.22. The summed E-state index contributed by atoms with van der Waals surface area (Å²) in [6.45, 7) is 3.02. The van der Waals surface area contributed by atoms with Crippen molar-refractivity contribution in [2.24, 2.45) is 0 Å². The quantitative estimate of drug-likeness (QED) is 0.472. The van der Waals surface area contributed by atoms with Crippen molar-refractivity contribution in [3.8, 4) is 0 Å². The van der Waals surface area contributed by atoms with Crippen LogP contribution in [-0.2, 0) is 19.1 Å². The van der Waals surface area contributed by atoms with E-state index in [-0.39, 0.29) is 5.57 Å². The number of cyclic esters (lactones) is 2. The minimum absolute atomic E-state index is 0.113. The molecule has 104 valence electrons. The van der Waals surface area contributed by atoms with Crippen molar-refractivity contribution in [3.63, 3.8) is 0 Å². The Morgan fingerprint density at radius 2 is 1.60 bits per heavy atom. The van der Waals surface area contributed by atoms with E-state index >= 15 is 0 Å². The highest BCUT2D eigenvalue weighted by Gasteiger charge is 2.38. The molecule has 1 aliphatic rings. The second-order valence-corrected chi connectivity index (χ2v) is 5.59. The second-order valence-electron chi connectivity index (χ2n) is 4.67. The van der Waals surface area contributed by atoms with Gasteiger partial charge in [-0.3, -0.25) is 0 Å². The molecule has 1 fully saturated rings. The summed E-state index contributed by atoms with van der Waals surface area (Å²) in [5.41, 5.74) is 0.834. The maximum atomic E-state index is 11.7. The Morgan fingerprint density at radius 3 is 2.15 bits per heavy atom. The van der Waals surface area contributed by atoms with Gasteiger partial charge < -0.3 is 9.47 Å². The minimum atomic E-state index is -1.21. The maximum absolute atomic E-state index is 11.7. The lowest BCUT2D eigenvalue weighted by Crippen LogP contribution is -2.41. The molecule has 0 spiro atoms. The summed E-state index contributed by atoms with van der Waals surface area (Å²) in [7, 11) is 0. The Morgan fingerprint density at radius 1 is 1.05 bits per heavy atom. The SMILES string of the molecule is CC1(C)OC(=O)C(=CC=Cc2ccc(Br)cc2)C(=O)O1. The Kier molecular flexibility index (Phi) is 4.09. The van der Waals surface area contributed by atoms with Crippen LogP contribution in [-0.4, -0.2) is 17.7 Å². The fourth-order valence-electron chi connectivity index (χ4n) is 1.63. The van der Waals surface area contributed by atoms with Crippen LogP contribution in [0, 0.1) is 0 Å². The van der Waals surface area contributed by atoms with Crippen LogP contribution in [0.1, 0.15) is 19.4 Å². The molecule has 5 heteroatoms. The Bertz CT molecular complexity index is 575. The average Bonchev–Trinajstić information content (AvgIpc) is 2.33. The van der Waals surface area contributed by atoms with Crippen LogP contribution in [0.2, 0.25) is 0 Å². The molecule has 1 heterocycles. The molecule has 0 amide bonds. The molecule has 0 aliphatic carbocycles. The zero-order valence-corrected chi connectivity index (χ0v) is 12.6. The van der Waals surface area contributed by atoms with E-state index in [1.165, 1.54) is 19.9 Å². The van der Waals surface area contributed by atoms with Crippen LogP contribution in [0.25, 0.3) is 6.08 Å². The van der Waals surface area contributed by atoms with Crippen LogP contribution in [0.5, 0.6) is 0 Å². The predicted molar refractivity (Wildman–Crippen MR) is 77.5 cm³/mol. The van der Waals surface area contributed by atoms with Crippen molar-refractivity contribution >= 4 is 33.9 Å². The molecule has 0 aromatic heterocycles. The van der Waals surface area contributed by atoms with Crippen molar-refractivity contribution in [1.29, 1.82) is 0 Å². The summed E-state index contributed by atoms with van der Waals surface area (Å²) in [6, 6.07) is 7.61. The lowest BCUT2D eigenvalue weighted by Gasteiger charge is -2.29. The van der Waals surface area contributed by atoms with E-state index < -0.39 is 17.7 Å². The fraction of sp³-hybridized carbons (Fsp3) is 0.200. The summed E-state index contributed by atoms with van der Waals surface area (Å²) in [5, 5.41) is 0. The average molecular weight is 337 g/mol. The topological polar surface area (TPSA) is 52.6 Å². The highest BCUT2D eigenvalue weighted by Crippen LogP contribution is 2.22. The summed E-state index contributed by atoms with van der Waals surface area (Å²) < 4.78 is 11.0. The fourth-order valence-corrected chi connectivity index (χ4v) is 1.89. The zero-order valence-electron chi connectivity index (χ0n) is 11.1. The third kappa shape index (κ3) is 3.57. The first kappa shape index (κ1) is 14.5. The molecular formula is C15H13BrO4. The van der Waals surface area contributed by atoms with Crippen molar-refractivity contribution in [2.75, 3.05) is 0 Å². The van der Waals surface area contributed by atoms with Gasteiger partial charge in [0.15, 0.2) is 0 Å². The van der Waals surface area contributed by atoms with Crippen LogP contribution < -0.4 is 0 Å². The van der Waals surface area contributed by atoms with E-state index in [4.69, 9.17) is 9.47 Å². The molecule has 0 bridgehead atoms. The third-order valence-corrected chi connectivity index (χ3v) is 3.07. The molecule has 0 atom stereocenters. The number of carbonyl (C=O) groups is 2. The second kappa shape index (κ2) is 5.63. The third-order valence-electron chi connectivity index (χ3n) is 2.54. The summed E-state index contributed by atoms with van der Waals surface area (Å²) in [4.78, 5) is 23.4. The van der Waals surface area contributed by atoms with E-state index in [2.05, 4.69) is 15.9 Å². The Hall–Kier alpha value is -1.88. The van der Waals surface area contributed by atoms with Gasteiger partial charge >= 0.3 is 11.9 Å². The number of rotatable bonds is 2. The molecule has 1 saturated heterocycles. The van der Waals surface area contributed by atoms with Gasteiger partial charge in [0.1, 0.15) is 5.57 Å². The van der Waals surface area contributed by atoms with E-state index in [9.17, 15) is 9.59 Å². The smallest absolute Gasteiger partial charge is 0.348 e. The molecule has 0 saturated carbocycles. The first-order chi connectivity index (χ1) is 9.37. The first-order valence-corrected chi connectivity index (χ1v) is 6.77. The molecule has 1 aromatic carbocycles. The van der Waals surface area contributed by atoms with E-state index in [0.717, 1.165) is 10.0 Å². The number of carbonyl (C=O) groups excluding carboxylic acids is 2. The highest BCUT2D eigenvalue weighted by atomic mass is 79.9. The minimum Gasteiger partial charge on any atom is -0.419 e. The molecule has 0 radical (unpaired) electrons. The van der Waals surface area contributed by atoms with Gasteiger partial charge in [-0.25, -0.2) is 9.59 Å². The Labute approximate surface area is 125 Å². The molecular weight excluding hydrogens is 324 g/mol. The van der Waals surface area contributed by atoms with Gasteiger partial charge in [0.2, 0.25) is 0 Å². The van der Waals surface area contributed by atoms with Gasteiger partial charge in [0.05, 0.1) is 0 Å². The number of ether oxygens (including phenoxy) is 2. The molecule has 4 nitrogen and oxygen atoms in total. The van der Waals surface area contributed by atoms with Crippen molar-refractivity contribution < 1.29 is 19.1 Å². The number of allylic oxidation sites excluding steroid dienone is 2. The molecule has 0 N–H and O–H groups in total. The largest absolute Gasteiger partial charge is 0.419 e. The van der Waals surface area contributed by atoms with Crippen LogP contribution in [0.15, 0.2) is 46.5 Å². The molecule has 0 unspecified atom stereocenters. The number of hydrogen-bond donors (Lipinski definition) is 0. The maximum Gasteiger partial charge on any atom is 0.348 e. The van der Waals surface area contributed by atoms with Gasteiger partial charge in [-0.1, -0.05) is 40.2 Å². The van der Waals surface area contributed by atoms with Crippen molar-refractivity contribution in [3.05, 3.63) is 52.0 Å². The number of halogens is 1. The molecule has 1 aromatic rings. The van der Waals surface area contributed by atoms with Gasteiger partial charge in [0, 0.05) is 18.3 Å². The molecule has 20 heavy (non-hydrogen) atoms. The van der Waals surface area contributed by atoms with Crippen molar-refractivity contribution in [2.45, 2.75) is 19.6 Å². The van der Waals surface area contributed by atoms with E-state index in [0.29, 0.717) is 0 Å². The summed E-state index contributed by atoms with van der Waals surface area (Å²) in [5.74, 6) is -2.56. The lowest BCUT2D eigenvalue weighted by atomic mass is 10.1. The van der Waals surface area contributed by atoms with E-state index in [1.807, 2.05) is 24.3 Å². The normalized spacial score (nSPS) is 17.9. The van der Waals surface area contributed by atoms with Gasteiger partial charge in [-0.15, -0.1) is 0 Å². The Balaban J connectivity index is 2.13. The monoisotopic (exact) mass is 336 g/mol. The van der Waals surface area contributed by atoms with Gasteiger partial charge in [0.25, 0.3) is 5.79 Å². The summed E-state index contributed by atoms with van der Waals surface area (Å²) >= 11 is 3.34.